The van der Waals surface area contributed by atoms with Crippen molar-refractivity contribution in [3.8, 4) is 5.75 Å². The van der Waals surface area contributed by atoms with Gasteiger partial charge in [-0.05, 0) is 29.4 Å². The molecule has 96 valence electrons. The van der Waals surface area contributed by atoms with Crippen LogP contribution in [0.2, 0.25) is 18.1 Å². The molecule has 0 unspecified atom stereocenters. The Morgan fingerprint density at radius 3 is 1.94 bits per heavy atom. The highest BCUT2D eigenvalue weighted by molar-refractivity contribution is 6.93. The van der Waals surface area contributed by atoms with Gasteiger partial charge in [-0.1, -0.05) is 36.4 Å². The largest absolute Gasteiger partial charge is 0.497 e. The molecule has 18 heavy (non-hydrogen) atoms. The molecule has 0 saturated carbocycles. The van der Waals surface area contributed by atoms with Crippen molar-refractivity contribution >= 4 is 13.3 Å². The zero-order valence-electron chi connectivity index (χ0n) is 11.2. The van der Waals surface area contributed by atoms with Gasteiger partial charge in [0.05, 0.1) is 7.11 Å². The van der Waals surface area contributed by atoms with E-state index in [0.29, 0.717) is 0 Å². The van der Waals surface area contributed by atoms with Crippen molar-refractivity contribution in [1.29, 1.82) is 0 Å². The lowest BCUT2D eigenvalue weighted by atomic mass is 10.3. The third-order valence-corrected chi connectivity index (χ3v) is 8.05. The Bertz CT molecular complexity index is 396. The van der Waals surface area contributed by atoms with E-state index in [1.807, 2.05) is 30.4 Å². The molecule has 1 aromatic carbocycles. The van der Waals surface area contributed by atoms with E-state index in [0.717, 1.165) is 23.9 Å². The minimum atomic E-state index is -1.72. The topological polar surface area (TPSA) is 9.23 Å². The lowest BCUT2D eigenvalue weighted by molar-refractivity contribution is 0.418. The molecule has 0 aliphatic carbocycles. The van der Waals surface area contributed by atoms with Crippen LogP contribution in [0.4, 0.5) is 0 Å². The minimum Gasteiger partial charge on any atom is -0.497 e. The van der Waals surface area contributed by atoms with Crippen molar-refractivity contribution in [1.82, 2.24) is 0 Å². The monoisotopic (exact) mass is 258 g/mol. The Morgan fingerprint density at radius 2 is 1.50 bits per heavy atom. The number of hydrogen-bond donors (Lipinski definition) is 0. The van der Waals surface area contributed by atoms with Crippen LogP contribution in [0.25, 0.3) is 0 Å². The number of ether oxygens (including phenoxy) is 1. The molecule has 1 aromatic rings. The zero-order valence-corrected chi connectivity index (χ0v) is 12.2. The first kappa shape index (κ1) is 14.5. The summed E-state index contributed by atoms with van der Waals surface area (Å²) in [6.07, 6.45) is 6.06. The summed E-state index contributed by atoms with van der Waals surface area (Å²) >= 11 is 0. The molecule has 0 aromatic heterocycles. The van der Waals surface area contributed by atoms with Gasteiger partial charge < -0.3 is 4.74 Å². The van der Waals surface area contributed by atoms with Gasteiger partial charge in [0.1, 0.15) is 13.8 Å². The van der Waals surface area contributed by atoms with Crippen LogP contribution in [-0.2, 0) is 0 Å². The average Bonchev–Trinajstić information content (AvgIpc) is 2.39. The molecule has 0 bridgehead atoms. The van der Waals surface area contributed by atoms with E-state index in [2.05, 4.69) is 31.9 Å². The van der Waals surface area contributed by atoms with E-state index < -0.39 is 8.07 Å². The molecular formula is C16H22OSi. The Hall–Kier alpha value is -1.54. The first-order chi connectivity index (χ1) is 8.74. The van der Waals surface area contributed by atoms with Crippen molar-refractivity contribution in [2.75, 3.05) is 7.11 Å². The van der Waals surface area contributed by atoms with Crippen LogP contribution in [0, 0.1) is 0 Å². The molecule has 0 aliphatic rings. The summed E-state index contributed by atoms with van der Waals surface area (Å²) in [5.41, 5.74) is 0. The maximum absolute atomic E-state index is 5.52. The summed E-state index contributed by atoms with van der Waals surface area (Å²) in [6, 6.07) is 11.4. The molecule has 1 rings (SSSR count). The van der Waals surface area contributed by atoms with Crippen LogP contribution in [0.3, 0.4) is 0 Å². The second-order valence-electron chi connectivity index (χ2n) is 4.46. The highest BCUT2D eigenvalue weighted by Crippen LogP contribution is 2.26. The van der Waals surface area contributed by atoms with Crippen molar-refractivity contribution in [3.63, 3.8) is 0 Å². The van der Waals surface area contributed by atoms with Gasteiger partial charge in [0.25, 0.3) is 0 Å². The second-order valence-corrected chi connectivity index (χ2v) is 8.78. The van der Waals surface area contributed by atoms with Gasteiger partial charge in [-0.2, -0.15) is 0 Å². The van der Waals surface area contributed by atoms with Crippen molar-refractivity contribution < 1.29 is 4.74 Å². The number of allylic oxidation sites excluding steroid dienone is 3. The van der Waals surface area contributed by atoms with E-state index in [1.165, 1.54) is 5.19 Å². The molecule has 0 amide bonds. The summed E-state index contributed by atoms with van der Waals surface area (Å²) in [4.78, 5) is 0. The van der Waals surface area contributed by atoms with E-state index in [4.69, 9.17) is 4.74 Å². The Morgan fingerprint density at radius 1 is 1.00 bits per heavy atom. The van der Waals surface area contributed by atoms with Crippen LogP contribution >= 0.6 is 0 Å². The minimum absolute atomic E-state index is 0.981. The van der Waals surface area contributed by atoms with Crippen LogP contribution in [0.15, 0.2) is 62.2 Å². The zero-order chi connectivity index (χ0) is 13.4. The smallest absolute Gasteiger partial charge is 0.118 e. The van der Waals surface area contributed by atoms with Crippen molar-refractivity contribution in [2.24, 2.45) is 0 Å². The molecule has 0 atom stereocenters. The molecule has 0 spiro atoms. The van der Waals surface area contributed by atoms with Gasteiger partial charge >= 0.3 is 0 Å². The van der Waals surface area contributed by atoms with E-state index in [9.17, 15) is 0 Å². The molecule has 2 heteroatoms. The second kappa shape index (κ2) is 7.02. The maximum Gasteiger partial charge on any atom is 0.118 e. The van der Waals surface area contributed by atoms with Gasteiger partial charge in [-0.15, -0.1) is 19.7 Å². The fraction of sp³-hybridized carbons (Fsp3) is 0.250. The van der Waals surface area contributed by atoms with Crippen LogP contribution in [-0.4, -0.2) is 15.2 Å². The first-order valence-electron chi connectivity index (χ1n) is 6.20. The molecule has 0 saturated heterocycles. The van der Waals surface area contributed by atoms with E-state index in [-0.39, 0.29) is 0 Å². The Labute approximate surface area is 112 Å². The molecule has 1 nitrogen and oxygen atoms in total. The van der Waals surface area contributed by atoms with Crippen molar-refractivity contribution in [3.05, 3.63) is 62.2 Å². The molecule has 0 aliphatic heterocycles. The van der Waals surface area contributed by atoms with Crippen LogP contribution < -0.4 is 9.92 Å². The van der Waals surface area contributed by atoms with Gasteiger partial charge in [0.2, 0.25) is 0 Å². The number of benzene rings is 1. The van der Waals surface area contributed by atoms with E-state index >= 15 is 0 Å². The van der Waals surface area contributed by atoms with Gasteiger partial charge in [-0.25, -0.2) is 0 Å². The standard InChI is InChI=1S/C16H22OSi/c1-5-12-18(13-6-2,14-7-3)16-11-9-8-10-15(16)17-4/h5-11H,1-3,12-14H2,4H3. The molecule has 0 radical (unpaired) electrons. The molecule has 0 fully saturated rings. The number of methoxy groups -OCH3 is 1. The molecule has 0 heterocycles. The van der Waals surface area contributed by atoms with Crippen LogP contribution in [0.5, 0.6) is 5.75 Å². The predicted octanol–water partition coefficient (Wildman–Crippen LogP) is 3.91. The molecular weight excluding hydrogens is 236 g/mol. The number of hydrogen-bond acceptors (Lipinski definition) is 1. The first-order valence-corrected chi connectivity index (χ1v) is 8.82. The quantitative estimate of drug-likeness (QED) is 0.507. The summed E-state index contributed by atoms with van der Waals surface area (Å²) in [7, 11) is 0.0136. The predicted molar refractivity (Wildman–Crippen MR) is 83.4 cm³/mol. The van der Waals surface area contributed by atoms with Gasteiger partial charge in [0, 0.05) is 0 Å². The maximum atomic E-state index is 5.52. The number of rotatable bonds is 8. The normalized spacial score (nSPS) is 10.7. The van der Waals surface area contributed by atoms with Crippen LogP contribution in [0.1, 0.15) is 0 Å². The SMILES string of the molecule is C=CC[Si](CC=C)(CC=C)c1ccccc1OC. The number of para-hydroxylation sites is 1. The third-order valence-electron chi connectivity index (χ3n) is 3.28. The third kappa shape index (κ3) is 3.02. The Kier molecular flexibility index (Phi) is 5.66. The summed E-state index contributed by atoms with van der Waals surface area (Å²) in [5.74, 6) is 0.981. The lowest BCUT2D eigenvalue weighted by Crippen LogP contribution is -2.46. The summed E-state index contributed by atoms with van der Waals surface area (Å²) < 4.78 is 5.52. The highest BCUT2D eigenvalue weighted by Gasteiger charge is 2.33. The highest BCUT2D eigenvalue weighted by atomic mass is 28.3. The summed E-state index contributed by atoms with van der Waals surface area (Å²) in [5, 5.41) is 1.34. The van der Waals surface area contributed by atoms with Gasteiger partial charge in [-0.3, -0.25) is 0 Å². The molecule has 0 N–H and O–H groups in total. The Balaban J connectivity index is 3.33. The fourth-order valence-electron chi connectivity index (χ4n) is 2.49. The van der Waals surface area contributed by atoms with E-state index in [1.54, 1.807) is 7.11 Å². The van der Waals surface area contributed by atoms with Crippen molar-refractivity contribution in [2.45, 2.75) is 18.1 Å². The summed E-state index contributed by atoms with van der Waals surface area (Å²) in [6.45, 7) is 11.7. The lowest BCUT2D eigenvalue weighted by Gasteiger charge is -2.30. The average molecular weight is 258 g/mol. The van der Waals surface area contributed by atoms with Gasteiger partial charge in [0.15, 0.2) is 0 Å². The fourth-order valence-corrected chi connectivity index (χ4v) is 6.47.